The minimum atomic E-state index is -0.152. The molecule has 0 radical (unpaired) electrons. The van der Waals surface area contributed by atoms with Crippen LogP contribution in [0.3, 0.4) is 0 Å². The highest BCUT2D eigenvalue weighted by molar-refractivity contribution is 7.80. The van der Waals surface area contributed by atoms with Crippen LogP contribution in [0.25, 0.3) is 0 Å². The van der Waals surface area contributed by atoms with Crippen molar-refractivity contribution in [3.05, 3.63) is 60.8 Å². The smallest absolute Gasteiger partial charge is 0.0548 e. The normalized spacial score (nSPS) is 14.1. The lowest BCUT2D eigenvalue weighted by molar-refractivity contribution is 0.158. The zero-order valence-electron chi connectivity index (χ0n) is 16.7. The van der Waals surface area contributed by atoms with Crippen molar-refractivity contribution in [1.29, 1.82) is 0 Å². The highest BCUT2D eigenvalue weighted by atomic mass is 32.1. The van der Waals surface area contributed by atoms with E-state index in [1.54, 1.807) is 0 Å². The lowest BCUT2D eigenvalue weighted by Gasteiger charge is -2.07. The Kier molecular flexibility index (Phi) is 21.2. The summed E-state index contributed by atoms with van der Waals surface area (Å²) in [7, 11) is 0. The van der Waals surface area contributed by atoms with Gasteiger partial charge in [0.25, 0.3) is 0 Å². The zero-order valence-corrected chi connectivity index (χ0v) is 17.6. The summed E-state index contributed by atoms with van der Waals surface area (Å²) < 4.78 is 0. The Balaban J connectivity index is 3.42. The highest BCUT2D eigenvalue weighted by Gasteiger charge is 2.01. The lowest BCUT2D eigenvalue weighted by Crippen LogP contribution is -2.06. The second kappa shape index (κ2) is 22.1. The van der Waals surface area contributed by atoms with Crippen molar-refractivity contribution < 1.29 is 5.11 Å². The maximum atomic E-state index is 9.61. The van der Waals surface area contributed by atoms with Gasteiger partial charge in [-0.2, -0.15) is 12.6 Å². The van der Waals surface area contributed by atoms with E-state index in [1.807, 2.05) is 0 Å². The van der Waals surface area contributed by atoms with E-state index in [1.165, 1.54) is 12.8 Å². The second-order valence-electron chi connectivity index (χ2n) is 6.51. The first-order chi connectivity index (χ1) is 12.8. The molecule has 0 aliphatic rings. The Bertz CT molecular complexity index is 418. The van der Waals surface area contributed by atoms with Gasteiger partial charge in [0.1, 0.15) is 0 Å². The molecule has 0 bridgehead atoms. The summed E-state index contributed by atoms with van der Waals surface area (Å²) in [6, 6.07) is 0. The van der Waals surface area contributed by atoms with Gasteiger partial charge in [-0.1, -0.05) is 80.5 Å². The quantitative estimate of drug-likeness (QED) is 0.154. The predicted octanol–water partition coefficient (Wildman–Crippen LogP) is 7.37. The summed E-state index contributed by atoms with van der Waals surface area (Å²) in [5, 5.41) is 9.61. The number of aliphatic hydroxyl groups is 1. The molecule has 0 aromatic heterocycles. The zero-order chi connectivity index (χ0) is 19.1. The molecule has 0 aromatic rings. The molecule has 1 N–H and O–H groups in total. The molecule has 148 valence electrons. The SMILES string of the molecule is CC/C=C/C/C=C/C/C=C/C/C=C/C/C=C/CCCCCC(O)CCS. The van der Waals surface area contributed by atoms with Crippen LogP contribution in [0.5, 0.6) is 0 Å². The van der Waals surface area contributed by atoms with Gasteiger partial charge in [-0.15, -0.1) is 0 Å². The van der Waals surface area contributed by atoms with Crippen LogP contribution in [0.1, 0.15) is 77.6 Å². The molecule has 2 heteroatoms. The molecule has 0 heterocycles. The molecule has 0 saturated carbocycles. The van der Waals surface area contributed by atoms with Crippen molar-refractivity contribution in [1.82, 2.24) is 0 Å². The molecule has 0 aliphatic carbocycles. The Labute approximate surface area is 168 Å². The third-order valence-corrected chi connectivity index (χ3v) is 4.29. The van der Waals surface area contributed by atoms with Crippen LogP contribution in [0.2, 0.25) is 0 Å². The number of unbranched alkanes of at least 4 members (excludes halogenated alkanes) is 3. The van der Waals surface area contributed by atoms with E-state index in [9.17, 15) is 5.11 Å². The maximum absolute atomic E-state index is 9.61. The fourth-order valence-corrected chi connectivity index (χ4v) is 2.78. The summed E-state index contributed by atoms with van der Waals surface area (Å²) in [4.78, 5) is 0. The van der Waals surface area contributed by atoms with E-state index < -0.39 is 0 Å². The van der Waals surface area contributed by atoms with Gasteiger partial charge in [0.2, 0.25) is 0 Å². The monoisotopic (exact) mass is 376 g/mol. The van der Waals surface area contributed by atoms with E-state index in [0.29, 0.717) is 0 Å². The Morgan fingerprint density at radius 3 is 1.65 bits per heavy atom. The topological polar surface area (TPSA) is 20.2 Å². The molecule has 1 nitrogen and oxygen atoms in total. The summed E-state index contributed by atoms with van der Waals surface area (Å²) in [5.74, 6) is 0.779. The number of rotatable bonds is 17. The molecule has 26 heavy (non-hydrogen) atoms. The minimum Gasteiger partial charge on any atom is -0.393 e. The predicted molar refractivity (Wildman–Crippen MR) is 122 cm³/mol. The van der Waals surface area contributed by atoms with Crippen LogP contribution in [0.4, 0.5) is 0 Å². The second-order valence-corrected chi connectivity index (χ2v) is 6.96. The number of thiol groups is 1. The van der Waals surface area contributed by atoms with Crippen molar-refractivity contribution in [2.75, 3.05) is 5.75 Å². The van der Waals surface area contributed by atoms with Crippen LogP contribution in [0.15, 0.2) is 60.8 Å². The Morgan fingerprint density at radius 1 is 0.654 bits per heavy atom. The standard InChI is InChI=1S/C24H40OS/c1-2-3-4-5-6-7-8-9-10-11-12-13-14-15-16-17-18-19-20-21-24(25)22-23-26/h3-4,6-7,9-10,12-13,15-16,24-26H,2,5,8,11,14,17-23H2,1H3/b4-3+,7-6+,10-9+,13-12+,16-15+. The van der Waals surface area contributed by atoms with Crippen LogP contribution in [-0.2, 0) is 0 Å². The molecule has 0 amide bonds. The van der Waals surface area contributed by atoms with Crippen LogP contribution >= 0.6 is 12.6 Å². The molecule has 0 aliphatic heterocycles. The first-order valence-corrected chi connectivity index (χ1v) is 11.0. The summed E-state index contributed by atoms with van der Waals surface area (Å²) in [5.41, 5.74) is 0. The van der Waals surface area contributed by atoms with E-state index in [0.717, 1.165) is 63.5 Å². The van der Waals surface area contributed by atoms with E-state index in [4.69, 9.17) is 0 Å². The van der Waals surface area contributed by atoms with Crippen molar-refractivity contribution >= 4 is 12.6 Å². The van der Waals surface area contributed by atoms with Gasteiger partial charge in [-0.05, 0) is 63.5 Å². The molecule has 0 saturated heterocycles. The van der Waals surface area contributed by atoms with E-state index in [-0.39, 0.29) is 6.10 Å². The largest absolute Gasteiger partial charge is 0.393 e. The first-order valence-electron chi connectivity index (χ1n) is 10.3. The van der Waals surface area contributed by atoms with Gasteiger partial charge in [-0.3, -0.25) is 0 Å². The molecular formula is C24H40OS. The summed E-state index contributed by atoms with van der Waals surface area (Å²) in [6.45, 7) is 2.16. The highest BCUT2D eigenvalue weighted by Crippen LogP contribution is 2.09. The number of allylic oxidation sites excluding steroid dienone is 10. The molecule has 1 atom stereocenters. The third-order valence-electron chi connectivity index (χ3n) is 4.03. The molecular weight excluding hydrogens is 336 g/mol. The molecule has 0 rings (SSSR count). The number of hydrogen-bond donors (Lipinski definition) is 2. The molecule has 1 unspecified atom stereocenters. The average molecular weight is 377 g/mol. The minimum absolute atomic E-state index is 0.152. The van der Waals surface area contributed by atoms with Gasteiger partial charge in [0.05, 0.1) is 6.10 Å². The summed E-state index contributed by atoms with van der Waals surface area (Å²) in [6.07, 6.45) is 33.9. The lowest BCUT2D eigenvalue weighted by atomic mass is 10.1. The van der Waals surface area contributed by atoms with Crippen LogP contribution in [0, 0.1) is 0 Å². The molecule has 0 aromatic carbocycles. The van der Waals surface area contributed by atoms with Crippen LogP contribution < -0.4 is 0 Å². The van der Waals surface area contributed by atoms with Gasteiger partial charge < -0.3 is 5.11 Å². The fourth-order valence-electron chi connectivity index (χ4n) is 2.48. The van der Waals surface area contributed by atoms with E-state index >= 15 is 0 Å². The van der Waals surface area contributed by atoms with Crippen molar-refractivity contribution in [2.45, 2.75) is 83.7 Å². The van der Waals surface area contributed by atoms with E-state index in [2.05, 4.69) is 80.3 Å². The van der Waals surface area contributed by atoms with Crippen molar-refractivity contribution in [2.24, 2.45) is 0 Å². The Morgan fingerprint density at radius 2 is 1.15 bits per heavy atom. The number of hydrogen-bond acceptors (Lipinski definition) is 2. The van der Waals surface area contributed by atoms with Crippen molar-refractivity contribution in [3.63, 3.8) is 0 Å². The molecule has 0 spiro atoms. The average Bonchev–Trinajstić information content (AvgIpc) is 2.64. The van der Waals surface area contributed by atoms with Gasteiger partial charge >= 0.3 is 0 Å². The van der Waals surface area contributed by atoms with Crippen molar-refractivity contribution in [3.8, 4) is 0 Å². The molecule has 0 fully saturated rings. The fraction of sp³-hybridized carbons (Fsp3) is 0.583. The third kappa shape index (κ3) is 21.1. The number of aliphatic hydroxyl groups excluding tert-OH is 1. The van der Waals surface area contributed by atoms with Gasteiger partial charge in [0.15, 0.2) is 0 Å². The van der Waals surface area contributed by atoms with Gasteiger partial charge in [0, 0.05) is 0 Å². The first kappa shape index (κ1) is 25.0. The maximum Gasteiger partial charge on any atom is 0.0548 e. The Hall–Kier alpha value is -0.990. The van der Waals surface area contributed by atoms with Crippen LogP contribution in [-0.4, -0.2) is 17.0 Å². The van der Waals surface area contributed by atoms with Gasteiger partial charge in [-0.25, -0.2) is 0 Å². The summed E-state index contributed by atoms with van der Waals surface area (Å²) >= 11 is 4.14.